The summed E-state index contributed by atoms with van der Waals surface area (Å²) in [5, 5.41) is 11.9. The summed E-state index contributed by atoms with van der Waals surface area (Å²) in [6.45, 7) is 4.05. The average Bonchev–Trinajstić information content (AvgIpc) is 2.48. The van der Waals surface area contributed by atoms with Crippen LogP contribution in [0.3, 0.4) is 0 Å². The van der Waals surface area contributed by atoms with E-state index in [4.69, 9.17) is 5.11 Å². The molecule has 1 aliphatic carbocycles. The zero-order chi connectivity index (χ0) is 15.2. The molecule has 0 unspecified atom stereocenters. The fourth-order valence-electron chi connectivity index (χ4n) is 2.71. The number of carbonyl (C=O) groups excluding carboxylic acids is 1. The van der Waals surface area contributed by atoms with E-state index in [0.717, 1.165) is 29.9 Å². The molecule has 1 aliphatic rings. The van der Waals surface area contributed by atoms with Crippen molar-refractivity contribution in [3.8, 4) is 11.8 Å². The number of aryl methyl sites for hydroxylation is 1. The number of hydrogen-bond acceptors (Lipinski definition) is 2. The van der Waals surface area contributed by atoms with E-state index in [1.165, 1.54) is 12.8 Å². The first-order chi connectivity index (χ1) is 10.1. The normalized spacial score (nSPS) is 21.3. The van der Waals surface area contributed by atoms with Crippen molar-refractivity contribution >= 4 is 5.91 Å². The molecule has 112 valence electrons. The van der Waals surface area contributed by atoms with Gasteiger partial charge in [0.25, 0.3) is 5.91 Å². The smallest absolute Gasteiger partial charge is 0.251 e. The molecule has 21 heavy (non-hydrogen) atoms. The Morgan fingerprint density at radius 1 is 1.33 bits per heavy atom. The standard InChI is InChI=1S/C18H23NO2/c1-13-5-9-17(10-6-13)19-18(21)16-8-7-14(2)15(12-16)4-3-11-20/h7-8,12-13,17,20H,5-6,9-11H2,1-2H3,(H,19,21). The van der Waals surface area contributed by atoms with E-state index in [1.807, 2.05) is 19.1 Å². The maximum absolute atomic E-state index is 12.3. The average molecular weight is 285 g/mol. The number of amides is 1. The molecular formula is C18H23NO2. The Balaban J connectivity index is 2.05. The monoisotopic (exact) mass is 285 g/mol. The van der Waals surface area contributed by atoms with Gasteiger partial charge in [-0.05, 0) is 56.2 Å². The number of aliphatic hydroxyl groups is 1. The highest BCUT2D eigenvalue weighted by molar-refractivity contribution is 5.94. The van der Waals surface area contributed by atoms with Gasteiger partial charge in [0.2, 0.25) is 0 Å². The molecule has 0 atom stereocenters. The molecule has 2 N–H and O–H groups in total. The van der Waals surface area contributed by atoms with Gasteiger partial charge in [-0.1, -0.05) is 24.8 Å². The Bertz CT molecular complexity index is 560. The first-order valence-corrected chi connectivity index (χ1v) is 7.61. The predicted octanol–water partition coefficient (Wildman–Crippen LogP) is 2.65. The van der Waals surface area contributed by atoms with Gasteiger partial charge in [0.15, 0.2) is 0 Å². The van der Waals surface area contributed by atoms with Crippen molar-refractivity contribution in [1.82, 2.24) is 5.32 Å². The third-order valence-corrected chi connectivity index (χ3v) is 4.15. The molecule has 1 fully saturated rings. The molecule has 0 saturated heterocycles. The van der Waals surface area contributed by atoms with Crippen LogP contribution in [0.15, 0.2) is 18.2 Å². The SMILES string of the molecule is Cc1ccc(C(=O)NC2CCC(C)CC2)cc1C#CCO. The first-order valence-electron chi connectivity index (χ1n) is 7.61. The minimum absolute atomic E-state index is 0.0263. The maximum Gasteiger partial charge on any atom is 0.251 e. The Morgan fingerprint density at radius 2 is 2.05 bits per heavy atom. The largest absolute Gasteiger partial charge is 0.384 e. The summed E-state index contributed by atoms with van der Waals surface area (Å²) in [7, 11) is 0. The molecule has 1 aromatic carbocycles. The molecule has 1 saturated carbocycles. The van der Waals surface area contributed by atoms with Crippen molar-refractivity contribution in [2.24, 2.45) is 5.92 Å². The summed E-state index contributed by atoms with van der Waals surface area (Å²) >= 11 is 0. The number of nitrogens with one attached hydrogen (secondary N) is 1. The van der Waals surface area contributed by atoms with Crippen molar-refractivity contribution in [3.63, 3.8) is 0 Å². The lowest BCUT2D eigenvalue weighted by Crippen LogP contribution is -2.37. The van der Waals surface area contributed by atoms with Gasteiger partial charge in [-0.2, -0.15) is 0 Å². The van der Waals surface area contributed by atoms with Crippen LogP contribution in [-0.4, -0.2) is 23.7 Å². The van der Waals surface area contributed by atoms with Gasteiger partial charge in [0, 0.05) is 17.2 Å². The zero-order valence-electron chi connectivity index (χ0n) is 12.8. The van der Waals surface area contributed by atoms with Crippen LogP contribution in [0.5, 0.6) is 0 Å². The predicted molar refractivity (Wildman–Crippen MR) is 84.0 cm³/mol. The summed E-state index contributed by atoms with van der Waals surface area (Å²) in [4.78, 5) is 12.3. The minimum Gasteiger partial charge on any atom is -0.384 e. The molecule has 0 spiro atoms. The molecule has 0 aromatic heterocycles. The van der Waals surface area contributed by atoms with Crippen molar-refractivity contribution in [1.29, 1.82) is 0 Å². The fourth-order valence-corrected chi connectivity index (χ4v) is 2.71. The number of hydrogen-bond donors (Lipinski definition) is 2. The van der Waals surface area contributed by atoms with Gasteiger partial charge < -0.3 is 10.4 Å². The molecule has 1 aromatic rings. The highest BCUT2D eigenvalue weighted by Crippen LogP contribution is 2.23. The quantitative estimate of drug-likeness (QED) is 0.821. The lowest BCUT2D eigenvalue weighted by molar-refractivity contribution is 0.0923. The van der Waals surface area contributed by atoms with E-state index in [-0.39, 0.29) is 12.5 Å². The van der Waals surface area contributed by atoms with Gasteiger partial charge in [-0.3, -0.25) is 4.79 Å². The number of rotatable bonds is 2. The second-order valence-electron chi connectivity index (χ2n) is 5.92. The number of benzene rings is 1. The number of aliphatic hydroxyl groups excluding tert-OH is 1. The third-order valence-electron chi connectivity index (χ3n) is 4.15. The third kappa shape index (κ3) is 4.34. The Kier molecular flexibility index (Phi) is 5.41. The molecule has 0 aliphatic heterocycles. The van der Waals surface area contributed by atoms with Crippen molar-refractivity contribution in [2.45, 2.75) is 45.6 Å². The Morgan fingerprint density at radius 3 is 2.71 bits per heavy atom. The van der Waals surface area contributed by atoms with Gasteiger partial charge in [-0.15, -0.1) is 0 Å². The van der Waals surface area contributed by atoms with Crippen LogP contribution in [0.1, 0.15) is 54.1 Å². The van der Waals surface area contributed by atoms with E-state index in [9.17, 15) is 4.79 Å². The van der Waals surface area contributed by atoms with Crippen molar-refractivity contribution < 1.29 is 9.90 Å². The van der Waals surface area contributed by atoms with E-state index in [0.29, 0.717) is 11.6 Å². The van der Waals surface area contributed by atoms with Gasteiger partial charge in [0.1, 0.15) is 6.61 Å². The van der Waals surface area contributed by atoms with E-state index < -0.39 is 0 Å². The van der Waals surface area contributed by atoms with Crippen LogP contribution >= 0.6 is 0 Å². The van der Waals surface area contributed by atoms with Crippen LogP contribution in [0.2, 0.25) is 0 Å². The van der Waals surface area contributed by atoms with Gasteiger partial charge in [-0.25, -0.2) is 0 Å². The maximum atomic E-state index is 12.3. The molecule has 3 nitrogen and oxygen atoms in total. The van der Waals surface area contributed by atoms with Crippen molar-refractivity contribution in [3.05, 3.63) is 34.9 Å². The lowest BCUT2D eigenvalue weighted by Gasteiger charge is -2.27. The summed E-state index contributed by atoms with van der Waals surface area (Å²) in [6, 6.07) is 5.83. The van der Waals surface area contributed by atoms with Crippen LogP contribution in [0.25, 0.3) is 0 Å². The summed E-state index contributed by atoms with van der Waals surface area (Å²) in [5.74, 6) is 6.27. The van der Waals surface area contributed by atoms with Crippen molar-refractivity contribution in [2.75, 3.05) is 6.61 Å². The highest BCUT2D eigenvalue weighted by Gasteiger charge is 2.20. The molecule has 0 radical (unpaired) electrons. The molecular weight excluding hydrogens is 262 g/mol. The topological polar surface area (TPSA) is 49.3 Å². The first kappa shape index (κ1) is 15.6. The second kappa shape index (κ2) is 7.28. The molecule has 0 bridgehead atoms. The molecule has 1 amide bonds. The van der Waals surface area contributed by atoms with E-state index in [1.54, 1.807) is 6.07 Å². The van der Waals surface area contributed by atoms with Crippen LogP contribution in [-0.2, 0) is 0 Å². The Labute approximate surface area is 126 Å². The molecule has 0 heterocycles. The van der Waals surface area contributed by atoms with E-state index in [2.05, 4.69) is 24.1 Å². The molecule has 2 rings (SSSR count). The molecule has 3 heteroatoms. The second-order valence-corrected chi connectivity index (χ2v) is 5.92. The van der Waals surface area contributed by atoms with Gasteiger partial charge >= 0.3 is 0 Å². The summed E-state index contributed by atoms with van der Waals surface area (Å²) in [6.07, 6.45) is 4.50. The fraction of sp³-hybridized carbons (Fsp3) is 0.500. The van der Waals surface area contributed by atoms with Crippen LogP contribution < -0.4 is 5.32 Å². The minimum atomic E-state index is -0.171. The van der Waals surface area contributed by atoms with Gasteiger partial charge in [0.05, 0.1) is 0 Å². The Hall–Kier alpha value is -1.79. The highest BCUT2D eigenvalue weighted by atomic mass is 16.2. The lowest BCUT2D eigenvalue weighted by atomic mass is 9.87. The summed E-state index contributed by atoms with van der Waals surface area (Å²) in [5.41, 5.74) is 2.45. The van der Waals surface area contributed by atoms with Crippen LogP contribution in [0, 0.1) is 24.7 Å². The number of carbonyl (C=O) groups is 1. The zero-order valence-corrected chi connectivity index (χ0v) is 12.8. The van der Waals surface area contributed by atoms with E-state index >= 15 is 0 Å². The summed E-state index contributed by atoms with van der Waals surface area (Å²) < 4.78 is 0. The van der Waals surface area contributed by atoms with Crippen LogP contribution in [0.4, 0.5) is 0 Å².